The van der Waals surface area contributed by atoms with Gasteiger partial charge in [-0.15, -0.1) is 0 Å². The summed E-state index contributed by atoms with van der Waals surface area (Å²) >= 11 is 0. The molecule has 2 aromatic carbocycles. The van der Waals surface area contributed by atoms with Crippen molar-refractivity contribution in [2.45, 2.75) is 36.7 Å². The van der Waals surface area contributed by atoms with Gasteiger partial charge in [0.2, 0.25) is 0 Å². The Morgan fingerprint density at radius 1 is 0.846 bits per heavy atom. The van der Waals surface area contributed by atoms with Crippen LogP contribution < -0.4 is 0 Å². The van der Waals surface area contributed by atoms with Gasteiger partial charge in [0.25, 0.3) is 20.2 Å². The van der Waals surface area contributed by atoms with Gasteiger partial charge in [0.1, 0.15) is 0 Å². The summed E-state index contributed by atoms with van der Waals surface area (Å²) in [4.78, 5) is 0.0388. The van der Waals surface area contributed by atoms with Crippen molar-refractivity contribution in [3.63, 3.8) is 0 Å². The first kappa shape index (κ1) is 22.3. The summed E-state index contributed by atoms with van der Waals surface area (Å²) in [7, 11) is -7.75. The molecule has 0 saturated carbocycles. The highest BCUT2D eigenvalue weighted by molar-refractivity contribution is 7.86. The summed E-state index contributed by atoms with van der Waals surface area (Å²) in [6.45, 7) is 4.95. The maximum atomic E-state index is 11.5. The summed E-state index contributed by atoms with van der Waals surface area (Å²) in [5, 5.41) is 8.92. The lowest BCUT2D eigenvalue weighted by molar-refractivity contribution is 0.126. The first-order valence-electron chi connectivity index (χ1n) is 7.60. The Labute approximate surface area is 154 Å². The lowest BCUT2D eigenvalue weighted by atomic mass is 10.2. The summed E-state index contributed by atoms with van der Waals surface area (Å²) in [5.41, 5.74) is 1.93. The molecule has 2 rings (SSSR count). The Balaban J connectivity index is 0.000000273. The molecule has 0 aromatic heterocycles. The number of hydrogen-bond acceptors (Lipinski definition) is 6. The lowest BCUT2D eigenvalue weighted by Gasteiger charge is -2.07. The Hall–Kier alpha value is -1.78. The third-order valence-corrected chi connectivity index (χ3v) is 5.26. The van der Waals surface area contributed by atoms with Crippen LogP contribution in [0.1, 0.15) is 18.1 Å². The second kappa shape index (κ2) is 9.24. The van der Waals surface area contributed by atoms with E-state index in [4.69, 9.17) is 9.66 Å². The van der Waals surface area contributed by atoms with E-state index in [1.54, 1.807) is 24.3 Å². The van der Waals surface area contributed by atoms with E-state index in [-0.39, 0.29) is 16.4 Å². The molecule has 0 radical (unpaired) electrons. The van der Waals surface area contributed by atoms with E-state index in [1.807, 2.05) is 13.8 Å². The van der Waals surface area contributed by atoms with Crippen LogP contribution >= 0.6 is 0 Å². The molecular formula is C17H22O7S2. The molecule has 144 valence electrons. The zero-order valence-corrected chi connectivity index (χ0v) is 16.3. The molecule has 26 heavy (non-hydrogen) atoms. The molecule has 0 amide bonds. The Morgan fingerprint density at radius 2 is 1.23 bits per heavy atom. The number of benzene rings is 2. The van der Waals surface area contributed by atoms with Gasteiger partial charge in [-0.25, -0.2) is 0 Å². The van der Waals surface area contributed by atoms with Crippen molar-refractivity contribution in [2.24, 2.45) is 0 Å². The molecule has 0 aliphatic rings. The minimum Gasteiger partial charge on any atom is -0.391 e. The summed E-state index contributed by atoms with van der Waals surface area (Å²) < 4.78 is 57.2. The molecule has 0 fully saturated rings. The summed E-state index contributed by atoms with van der Waals surface area (Å²) in [6, 6.07) is 12.3. The molecule has 0 aliphatic heterocycles. The number of rotatable bonds is 5. The predicted octanol–water partition coefficient (Wildman–Crippen LogP) is 2.32. The number of hydrogen-bond donors (Lipinski definition) is 2. The molecule has 1 atom stereocenters. The van der Waals surface area contributed by atoms with E-state index in [2.05, 4.69) is 4.18 Å². The molecule has 0 spiro atoms. The van der Waals surface area contributed by atoms with Crippen LogP contribution in [-0.2, 0) is 24.4 Å². The van der Waals surface area contributed by atoms with Crippen molar-refractivity contribution in [3.05, 3.63) is 59.7 Å². The molecule has 2 N–H and O–H groups in total. The molecule has 7 nitrogen and oxygen atoms in total. The minimum absolute atomic E-state index is 0.0666. The fraction of sp³-hybridized carbons (Fsp3) is 0.294. The minimum atomic E-state index is -4.02. The quantitative estimate of drug-likeness (QED) is 0.582. The fourth-order valence-electron chi connectivity index (χ4n) is 1.67. The van der Waals surface area contributed by atoms with Crippen LogP contribution in [0, 0.1) is 13.8 Å². The maximum absolute atomic E-state index is 11.5. The van der Waals surface area contributed by atoms with E-state index in [9.17, 15) is 16.8 Å². The van der Waals surface area contributed by atoms with Crippen LogP contribution in [0.5, 0.6) is 0 Å². The van der Waals surface area contributed by atoms with Crippen molar-refractivity contribution < 1.29 is 30.7 Å². The van der Waals surface area contributed by atoms with Crippen LogP contribution in [0.2, 0.25) is 0 Å². The van der Waals surface area contributed by atoms with Crippen LogP contribution in [0.15, 0.2) is 58.3 Å². The third-order valence-electron chi connectivity index (χ3n) is 3.09. The average molecular weight is 402 g/mol. The third kappa shape index (κ3) is 7.63. The maximum Gasteiger partial charge on any atom is 0.297 e. The van der Waals surface area contributed by atoms with Gasteiger partial charge < -0.3 is 5.11 Å². The normalized spacial score (nSPS) is 12.8. The zero-order valence-electron chi connectivity index (χ0n) is 14.7. The van der Waals surface area contributed by atoms with Gasteiger partial charge >= 0.3 is 0 Å². The Morgan fingerprint density at radius 3 is 1.58 bits per heavy atom. The number of aryl methyl sites for hydroxylation is 2. The second-order valence-electron chi connectivity index (χ2n) is 5.69. The van der Waals surface area contributed by atoms with Crippen LogP contribution in [-0.4, -0.2) is 39.2 Å². The summed E-state index contributed by atoms with van der Waals surface area (Å²) in [5.74, 6) is 0. The molecule has 1 unspecified atom stereocenters. The van der Waals surface area contributed by atoms with Gasteiger partial charge in [-0.3, -0.25) is 8.74 Å². The van der Waals surface area contributed by atoms with Crippen molar-refractivity contribution in [1.29, 1.82) is 0 Å². The van der Waals surface area contributed by atoms with Crippen molar-refractivity contribution >= 4 is 20.2 Å². The SMILES string of the molecule is Cc1ccc(S(=O)(=O)O)cc1.Cc1ccc(S(=O)(=O)OCC(C)O)cc1. The largest absolute Gasteiger partial charge is 0.391 e. The number of aliphatic hydroxyl groups is 1. The Kier molecular flexibility index (Phi) is 7.91. The monoisotopic (exact) mass is 402 g/mol. The molecule has 0 saturated heterocycles. The molecule has 2 aromatic rings. The number of aliphatic hydroxyl groups excluding tert-OH is 1. The molecule has 0 bridgehead atoms. The highest BCUT2D eigenvalue weighted by Crippen LogP contribution is 2.13. The van der Waals surface area contributed by atoms with Crippen molar-refractivity contribution in [1.82, 2.24) is 0 Å². The first-order chi connectivity index (χ1) is 11.9. The lowest BCUT2D eigenvalue weighted by Crippen LogP contribution is -2.15. The van der Waals surface area contributed by atoms with Crippen molar-refractivity contribution in [2.75, 3.05) is 6.61 Å². The van der Waals surface area contributed by atoms with Crippen LogP contribution in [0.3, 0.4) is 0 Å². The van der Waals surface area contributed by atoms with E-state index in [0.717, 1.165) is 11.1 Å². The first-order valence-corrected chi connectivity index (χ1v) is 10.4. The van der Waals surface area contributed by atoms with Gasteiger partial charge in [-0.1, -0.05) is 35.4 Å². The Bertz CT molecular complexity index is 899. The standard InChI is InChI=1S/C10H14O4S.C7H8O3S/c1-8-3-5-10(6-4-8)15(12,13)14-7-9(2)11;1-6-2-4-7(5-3-6)11(8,9)10/h3-6,9,11H,7H2,1-2H3;2-5H,1H3,(H,8,9,10). The molecular weight excluding hydrogens is 380 g/mol. The molecule has 9 heteroatoms. The molecule has 0 aliphatic carbocycles. The van der Waals surface area contributed by atoms with E-state index < -0.39 is 26.3 Å². The van der Waals surface area contributed by atoms with Gasteiger partial charge in [0.15, 0.2) is 0 Å². The molecule has 0 heterocycles. The van der Waals surface area contributed by atoms with Gasteiger partial charge in [-0.2, -0.15) is 16.8 Å². The zero-order chi connectivity index (χ0) is 20.0. The van der Waals surface area contributed by atoms with Crippen LogP contribution in [0.25, 0.3) is 0 Å². The highest BCUT2D eigenvalue weighted by atomic mass is 32.2. The van der Waals surface area contributed by atoms with Gasteiger partial charge in [-0.05, 0) is 45.0 Å². The van der Waals surface area contributed by atoms with E-state index >= 15 is 0 Å². The van der Waals surface area contributed by atoms with Crippen LogP contribution in [0.4, 0.5) is 0 Å². The van der Waals surface area contributed by atoms with Gasteiger partial charge in [0, 0.05) is 0 Å². The summed E-state index contributed by atoms with van der Waals surface area (Å²) in [6.07, 6.45) is -0.801. The predicted molar refractivity (Wildman–Crippen MR) is 97.0 cm³/mol. The van der Waals surface area contributed by atoms with E-state index in [1.165, 1.54) is 31.2 Å². The van der Waals surface area contributed by atoms with Crippen molar-refractivity contribution in [3.8, 4) is 0 Å². The van der Waals surface area contributed by atoms with E-state index in [0.29, 0.717) is 0 Å². The topological polar surface area (TPSA) is 118 Å². The van der Waals surface area contributed by atoms with Gasteiger partial charge in [0.05, 0.1) is 22.5 Å². The highest BCUT2D eigenvalue weighted by Gasteiger charge is 2.15. The average Bonchev–Trinajstić information content (AvgIpc) is 2.54. The smallest absolute Gasteiger partial charge is 0.297 e. The second-order valence-corrected chi connectivity index (χ2v) is 8.73. The fourth-order valence-corrected chi connectivity index (χ4v) is 3.13.